The molecule has 1 atom stereocenters. The molecule has 0 saturated heterocycles. The number of aryl methyl sites for hydroxylation is 1. The summed E-state index contributed by atoms with van der Waals surface area (Å²) in [6.07, 6.45) is 0.832. The Kier molecular flexibility index (Phi) is 3.53. The van der Waals surface area contributed by atoms with Gasteiger partial charge in [-0.1, -0.05) is 13.0 Å². The lowest BCUT2D eigenvalue weighted by Crippen LogP contribution is -2.10. The fraction of sp³-hybridized carbons (Fsp3) is 0.364. The predicted molar refractivity (Wildman–Crippen MR) is 57.1 cm³/mol. The van der Waals surface area contributed by atoms with E-state index in [-0.39, 0.29) is 11.5 Å². The molecule has 14 heavy (non-hydrogen) atoms. The number of rotatable bonds is 3. The normalized spacial score (nSPS) is 12.5. The monoisotopic (exact) mass is 212 g/mol. The van der Waals surface area contributed by atoms with Crippen molar-refractivity contribution in [2.75, 3.05) is 0 Å². The van der Waals surface area contributed by atoms with Crippen LogP contribution in [0.25, 0.3) is 0 Å². The summed E-state index contributed by atoms with van der Waals surface area (Å²) in [7, 11) is 0. The van der Waals surface area contributed by atoms with Crippen molar-refractivity contribution in [2.45, 2.75) is 25.6 Å². The molecule has 0 spiro atoms. The van der Waals surface area contributed by atoms with E-state index in [0.717, 1.165) is 12.0 Å². The predicted octanol–water partition coefficient (Wildman–Crippen LogP) is 2.76. The van der Waals surface area contributed by atoms with Crippen LogP contribution in [0.5, 0.6) is 5.75 Å². The summed E-state index contributed by atoms with van der Waals surface area (Å²) >= 11 is 5.65. The van der Waals surface area contributed by atoms with Crippen LogP contribution in [0.4, 0.5) is 0 Å². The van der Waals surface area contributed by atoms with Gasteiger partial charge < -0.3 is 5.11 Å². The second-order valence-corrected chi connectivity index (χ2v) is 3.84. The van der Waals surface area contributed by atoms with Gasteiger partial charge in [-0.3, -0.25) is 4.79 Å². The van der Waals surface area contributed by atoms with Gasteiger partial charge in [0.05, 0.1) is 10.9 Å². The van der Waals surface area contributed by atoms with Gasteiger partial charge in [-0.15, -0.1) is 11.6 Å². The second-order valence-electron chi connectivity index (χ2n) is 3.19. The second kappa shape index (κ2) is 4.47. The molecule has 0 amide bonds. The van der Waals surface area contributed by atoms with Crippen molar-refractivity contribution in [2.24, 2.45) is 0 Å². The maximum atomic E-state index is 11.5. The molecule has 2 nitrogen and oxygen atoms in total. The number of ketones is 1. The van der Waals surface area contributed by atoms with E-state index in [0.29, 0.717) is 5.56 Å². The molecule has 0 aliphatic rings. The number of Topliss-reactive ketones (excluding diaryl/α,β-unsaturated/α-hetero) is 1. The molecule has 1 aromatic rings. The van der Waals surface area contributed by atoms with Crippen molar-refractivity contribution in [1.82, 2.24) is 0 Å². The number of halogens is 1. The van der Waals surface area contributed by atoms with Crippen molar-refractivity contribution >= 4 is 17.4 Å². The number of aromatic hydroxyl groups is 1. The number of benzene rings is 1. The van der Waals surface area contributed by atoms with Crippen molar-refractivity contribution in [1.29, 1.82) is 0 Å². The molecule has 0 radical (unpaired) electrons. The zero-order chi connectivity index (χ0) is 10.7. The first-order valence-electron chi connectivity index (χ1n) is 4.56. The Labute approximate surface area is 88.5 Å². The van der Waals surface area contributed by atoms with E-state index in [1.807, 2.05) is 13.0 Å². The van der Waals surface area contributed by atoms with Crippen LogP contribution in [0, 0.1) is 0 Å². The fourth-order valence-corrected chi connectivity index (χ4v) is 1.34. The highest BCUT2D eigenvalue weighted by Gasteiger charge is 2.15. The van der Waals surface area contributed by atoms with Crippen LogP contribution in [-0.4, -0.2) is 16.3 Å². The van der Waals surface area contributed by atoms with Crippen molar-refractivity contribution in [3.63, 3.8) is 0 Å². The Hall–Kier alpha value is -1.02. The van der Waals surface area contributed by atoms with Gasteiger partial charge in [-0.05, 0) is 31.0 Å². The number of phenolic OH excluding ortho intramolecular Hbond substituents is 1. The summed E-state index contributed by atoms with van der Waals surface area (Å²) < 4.78 is 0. The van der Waals surface area contributed by atoms with Crippen LogP contribution in [0.1, 0.15) is 29.8 Å². The molecule has 3 heteroatoms. The van der Waals surface area contributed by atoms with Gasteiger partial charge >= 0.3 is 0 Å². The maximum absolute atomic E-state index is 11.5. The van der Waals surface area contributed by atoms with Crippen molar-refractivity contribution in [3.05, 3.63) is 29.3 Å². The summed E-state index contributed by atoms with van der Waals surface area (Å²) in [4.78, 5) is 11.5. The maximum Gasteiger partial charge on any atom is 0.184 e. The number of carbonyl (C=O) groups is 1. The molecule has 0 bridgehead atoms. The fourth-order valence-electron chi connectivity index (χ4n) is 1.22. The third kappa shape index (κ3) is 2.26. The number of hydrogen-bond acceptors (Lipinski definition) is 2. The average molecular weight is 213 g/mol. The van der Waals surface area contributed by atoms with E-state index in [2.05, 4.69) is 0 Å². The average Bonchev–Trinajstić information content (AvgIpc) is 2.16. The number of hydrogen-bond donors (Lipinski definition) is 1. The minimum atomic E-state index is -0.603. The van der Waals surface area contributed by atoms with Crippen LogP contribution >= 0.6 is 11.6 Å². The number of phenols is 1. The van der Waals surface area contributed by atoms with Gasteiger partial charge in [0.1, 0.15) is 5.75 Å². The van der Waals surface area contributed by atoms with Crippen molar-refractivity contribution < 1.29 is 9.90 Å². The van der Waals surface area contributed by atoms with Crippen LogP contribution in [0.15, 0.2) is 18.2 Å². The van der Waals surface area contributed by atoms with Gasteiger partial charge in [0, 0.05) is 0 Å². The van der Waals surface area contributed by atoms with E-state index in [1.54, 1.807) is 19.1 Å². The Balaban J connectivity index is 3.06. The van der Waals surface area contributed by atoms with Crippen molar-refractivity contribution in [3.8, 4) is 5.75 Å². The van der Waals surface area contributed by atoms with Gasteiger partial charge in [0.15, 0.2) is 5.78 Å². The highest BCUT2D eigenvalue weighted by atomic mass is 35.5. The molecule has 1 unspecified atom stereocenters. The van der Waals surface area contributed by atoms with Crippen LogP contribution in [0.2, 0.25) is 0 Å². The molecule has 76 valence electrons. The zero-order valence-electron chi connectivity index (χ0n) is 8.25. The van der Waals surface area contributed by atoms with Gasteiger partial charge in [0.2, 0.25) is 0 Å². The van der Waals surface area contributed by atoms with Gasteiger partial charge in [-0.25, -0.2) is 0 Å². The molecule has 1 aromatic carbocycles. The van der Waals surface area contributed by atoms with E-state index in [1.165, 1.54) is 0 Å². The lowest BCUT2D eigenvalue weighted by Gasteiger charge is -2.06. The minimum absolute atomic E-state index is 0.0156. The molecule has 0 aliphatic heterocycles. The van der Waals surface area contributed by atoms with E-state index < -0.39 is 5.38 Å². The first-order valence-corrected chi connectivity index (χ1v) is 5.00. The van der Waals surface area contributed by atoms with Crippen LogP contribution < -0.4 is 0 Å². The molecule has 1 rings (SSSR count). The molecular formula is C11H13ClO2. The highest BCUT2D eigenvalue weighted by Crippen LogP contribution is 2.21. The number of alkyl halides is 1. The first-order chi connectivity index (χ1) is 6.56. The van der Waals surface area contributed by atoms with E-state index >= 15 is 0 Å². The Morgan fingerprint density at radius 3 is 2.64 bits per heavy atom. The summed E-state index contributed by atoms with van der Waals surface area (Å²) in [5, 5.41) is 8.96. The molecule has 0 aliphatic carbocycles. The molecular weight excluding hydrogens is 200 g/mol. The molecule has 1 N–H and O–H groups in total. The molecule has 0 saturated carbocycles. The summed E-state index contributed by atoms with van der Waals surface area (Å²) in [6, 6.07) is 5.05. The summed E-state index contributed by atoms with van der Waals surface area (Å²) in [5.74, 6) is -0.228. The van der Waals surface area contributed by atoms with E-state index in [9.17, 15) is 9.90 Å². The zero-order valence-corrected chi connectivity index (χ0v) is 9.01. The summed E-state index contributed by atoms with van der Waals surface area (Å²) in [6.45, 7) is 3.58. The van der Waals surface area contributed by atoms with Gasteiger partial charge in [0.25, 0.3) is 0 Å². The number of carbonyl (C=O) groups excluding carboxylic acids is 1. The van der Waals surface area contributed by atoms with Crippen LogP contribution in [0.3, 0.4) is 0 Å². The van der Waals surface area contributed by atoms with Gasteiger partial charge in [-0.2, -0.15) is 0 Å². The standard InChI is InChI=1S/C11H13ClO2/c1-3-8-4-5-9(10(13)6-8)11(14)7(2)12/h4-7,13H,3H2,1-2H3. The Morgan fingerprint density at radius 2 is 2.21 bits per heavy atom. The SMILES string of the molecule is CCc1ccc(C(=O)C(C)Cl)c(O)c1. The first kappa shape index (κ1) is 11.1. The Bertz CT molecular complexity index is 345. The lowest BCUT2D eigenvalue weighted by atomic mass is 10.0. The smallest absolute Gasteiger partial charge is 0.184 e. The Morgan fingerprint density at radius 1 is 1.57 bits per heavy atom. The quantitative estimate of drug-likeness (QED) is 0.618. The van der Waals surface area contributed by atoms with E-state index in [4.69, 9.17) is 11.6 Å². The summed E-state index contributed by atoms with van der Waals surface area (Å²) in [5.41, 5.74) is 1.30. The third-order valence-electron chi connectivity index (χ3n) is 2.10. The minimum Gasteiger partial charge on any atom is -0.507 e. The topological polar surface area (TPSA) is 37.3 Å². The third-order valence-corrected chi connectivity index (χ3v) is 2.30. The molecule has 0 aromatic heterocycles. The molecule has 0 fully saturated rings. The highest BCUT2D eigenvalue weighted by molar-refractivity contribution is 6.33. The largest absolute Gasteiger partial charge is 0.507 e. The lowest BCUT2D eigenvalue weighted by molar-refractivity contribution is 0.0989. The molecule has 0 heterocycles. The van der Waals surface area contributed by atoms with Crippen LogP contribution in [-0.2, 0) is 6.42 Å².